The molecule has 2 aliphatic carbocycles. The lowest BCUT2D eigenvalue weighted by molar-refractivity contribution is 0.197. The minimum atomic E-state index is 0.720. The number of fused-ring (bicyclic) bond motifs is 1. The summed E-state index contributed by atoms with van der Waals surface area (Å²) in [5, 5.41) is 3.47. The van der Waals surface area contributed by atoms with E-state index in [-0.39, 0.29) is 0 Å². The Hall–Kier alpha value is -1.00. The number of ether oxygens (including phenoxy) is 1. The van der Waals surface area contributed by atoms with Gasteiger partial charge in [0.05, 0.1) is 6.61 Å². The van der Waals surface area contributed by atoms with Crippen LogP contribution in [-0.2, 0) is 24.0 Å². The van der Waals surface area contributed by atoms with Crippen LogP contribution in [0.15, 0.2) is 6.20 Å². The maximum atomic E-state index is 5.05. The van der Waals surface area contributed by atoms with Crippen molar-refractivity contribution in [1.29, 1.82) is 0 Å². The predicted molar refractivity (Wildman–Crippen MR) is 78.7 cm³/mol. The molecule has 1 heterocycles. The van der Waals surface area contributed by atoms with Crippen molar-refractivity contribution in [2.45, 2.75) is 38.5 Å². The molecule has 0 amide bonds. The Balaban J connectivity index is 1.52. The number of aryl methyl sites for hydroxylation is 1. The fraction of sp³-hybridized carbons (Fsp3) is 0.750. The number of rotatable bonds is 7. The first-order valence-electron chi connectivity index (χ1n) is 7.88. The molecule has 1 N–H and O–H groups in total. The van der Waals surface area contributed by atoms with Crippen LogP contribution >= 0.6 is 0 Å². The lowest BCUT2D eigenvalue weighted by Gasteiger charge is -2.24. The van der Waals surface area contributed by atoms with Crippen LogP contribution in [0, 0.1) is 11.8 Å². The second kappa shape index (κ2) is 6.64. The highest BCUT2D eigenvalue weighted by Gasteiger charge is 2.24. The van der Waals surface area contributed by atoms with E-state index in [1.54, 1.807) is 7.11 Å². The molecule has 20 heavy (non-hydrogen) atoms. The highest BCUT2D eigenvalue weighted by atomic mass is 16.5. The topological polar surface area (TPSA) is 47.0 Å². The third-order valence-electron chi connectivity index (χ3n) is 4.39. The van der Waals surface area contributed by atoms with Crippen LogP contribution in [0.3, 0.4) is 0 Å². The van der Waals surface area contributed by atoms with Gasteiger partial charge in [-0.25, -0.2) is 9.97 Å². The number of nitrogens with zero attached hydrogens (tertiary/aromatic N) is 2. The van der Waals surface area contributed by atoms with E-state index in [2.05, 4.69) is 16.5 Å². The van der Waals surface area contributed by atoms with E-state index in [1.165, 1.54) is 30.5 Å². The quantitative estimate of drug-likeness (QED) is 0.770. The third kappa shape index (κ3) is 3.76. The molecule has 1 aromatic heterocycles. The van der Waals surface area contributed by atoms with Gasteiger partial charge < -0.3 is 10.1 Å². The summed E-state index contributed by atoms with van der Waals surface area (Å²) < 4.78 is 5.05. The van der Waals surface area contributed by atoms with Gasteiger partial charge in [-0.05, 0) is 56.0 Å². The molecule has 1 unspecified atom stereocenters. The van der Waals surface area contributed by atoms with Crippen LogP contribution < -0.4 is 5.32 Å². The Bertz CT molecular complexity index is 445. The maximum Gasteiger partial charge on any atom is 0.128 e. The average molecular weight is 275 g/mol. The van der Waals surface area contributed by atoms with Crippen LogP contribution in [-0.4, -0.2) is 36.8 Å². The van der Waals surface area contributed by atoms with Gasteiger partial charge in [0.15, 0.2) is 0 Å². The van der Waals surface area contributed by atoms with Crippen LogP contribution in [0.5, 0.6) is 0 Å². The number of methoxy groups -OCH3 is 1. The maximum absolute atomic E-state index is 5.05. The van der Waals surface area contributed by atoms with Crippen molar-refractivity contribution < 1.29 is 4.74 Å². The van der Waals surface area contributed by atoms with Gasteiger partial charge in [0.25, 0.3) is 0 Å². The fourth-order valence-corrected chi connectivity index (χ4v) is 2.96. The summed E-state index contributed by atoms with van der Waals surface area (Å²) >= 11 is 0. The van der Waals surface area contributed by atoms with Gasteiger partial charge in [0, 0.05) is 32.0 Å². The van der Waals surface area contributed by atoms with Crippen molar-refractivity contribution in [3.8, 4) is 0 Å². The van der Waals surface area contributed by atoms with E-state index in [4.69, 9.17) is 9.72 Å². The molecular weight excluding hydrogens is 250 g/mol. The smallest absolute Gasteiger partial charge is 0.128 e. The highest BCUT2D eigenvalue weighted by molar-refractivity contribution is 5.21. The predicted octanol–water partition coefficient (Wildman–Crippen LogP) is 1.77. The van der Waals surface area contributed by atoms with Crippen LogP contribution in [0.4, 0.5) is 0 Å². The summed E-state index contributed by atoms with van der Waals surface area (Å²) in [6, 6.07) is 0. The van der Waals surface area contributed by atoms with E-state index in [9.17, 15) is 0 Å². The number of aromatic nitrogens is 2. The molecule has 110 valence electrons. The second-order valence-corrected chi connectivity index (χ2v) is 6.21. The van der Waals surface area contributed by atoms with Crippen molar-refractivity contribution >= 4 is 0 Å². The van der Waals surface area contributed by atoms with Gasteiger partial charge in [-0.3, -0.25) is 0 Å². The van der Waals surface area contributed by atoms with E-state index in [1.807, 2.05) is 0 Å². The molecule has 3 rings (SSSR count). The summed E-state index contributed by atoms with van der Waals surface area (Å²) in [6.45, 7) is 2.81. The van der Waals surface area contributed by atoms with Crippen molar-refractivity contribution in [2.75, 3.05) is 26.8 Å². The molecule has 0 aliphatic heterocycles. The summed E-state index contributed by atoms with van der Waals surface area (Å²) in [4.78, 5) is 9.35. The molecule has 0 spiro atoms. The van der Waals surface area contributed by atoms with Crippen LogP contribution in [0.25, 0.3) is 0 Å². The first kappa shape index (κ1) is 14.0. The Labute approximate surface area is 121 Å². The third-order valence-corrected chi connectivity index (χ3v) is 4.39. The summed E-state index contributed by atoms with van der Waals surface area (Å²) in [5.41, 5.74) is 2.68. The zero-order valence-electron chi connectivity index (χ0n) is 12.4. The largest absolute Gasteiger partial charge is 0.383 e. The first-order chi connectivity index (χ1) is 9.85. The molecule has 1 atom stereocenters. The van der Waals surface area contributed by atoms with Crippen molar-refractivity contribution in [1.82, 2.24) is 15.3 Å². The van der Waals surface area contributed by atoms with E-state index < -0.39 is 0 Å². The van der Waals surface area contributed by atoms with Gasteiger partial charge in [-0.15, -0.1) is 0 Å². The Morgan fingerprint density at radius 3 is 3.00 bits per heavy atom. The zero-order chi connectivity index (χ0) is 13.8. The molecule has 0 radical (unpaired) electrons. The molecule has 4 nitrogen and oxygen atoms in total. The van der Waals surface area contributed by atoms with Crippen LogP contribution in [0.1, 0.15) is 36.3 Å². The summed E-state index contributed by atoms with van der Waals surface area (Å²) in [7, 11) is 1.75. The van der Waals surface area contributed by atoms with Gasteiger partial charge in [-0.1, -0.05) is 0 Å². The Morgan fingerprint density at radius 2 is 2.20 bits per heavy atom. The van der Waals surface area contributed by atoms with Crippen LogP contribution in [0.2, 0.25) is 0 Å². The zero-order valence-corrected chi connectivity index (χ0v) is 12.4. The normalized spacial score (nSPS) is 21.8. The second-order valence-electron chi connectivity index (χ2n) is 6.21. The number of nitrogens with one attached hydrogen (secondary N) is 1. The van der Waals surface area contributed by atoms with Gasteiger partial charge in [0.1, 0.15) is 5.82 Å². The minimum absolute atomic E-state index is 0.720. The van der Waals surface area contributed by atoms with Crippen molar-refractivity contribution in [3.63, 3.8) is 0 Å². The van der Waals surface area contributed by atoms with E-state index in [0.29, 0.717) is 0 Å². The minimum Gasteiger partial charge on any atom is -0.383 e. The standard InChI is InChI=1S/C16H25N3O/c1-20-7-6-17-10-13-4-5-15-14(8-13)11-18-16(19-15)9-12-2-3-12/h11-13,17H,2-10H2,1H3. The highest BCUT2D eigenvalue weighted by Crippen LogP contribution is 2.32. The molecule has 4 heteroatoms. The lowest BCUT2D eigenvalue weighted by Crippen LogP contribution is -2.30. The fourth-order valence-electron chi connectivity index (χ4n) is 2.96. The Morgan fingerprint density at radius 1 is 1.30 bits per heavy atom. The lowest BCUT2D eigenvalue weighted by atomic mass is 9.87. The summed E-state index contributed by atoms with van der Waals surface area (Å²) in [6.07, 6.45) is 9.40. The van der Waals surface area contributed by atoms with Gasteiger partial charge >= 0.3 is 0 Å². The average Bonchev–Trinajstić information content (AvgIpc) is 3.27. The molecular formula is C16H25N3O. The van der Waals surface area contributed by atoms with Gasteiger partial charge in [0.2, 0.25) is 0 Å². The molecule has 2 aliphatic rings. The molecule has 1 fully saturated rings. The molecule has 1 saturated carbocycles. The molecule has 0 saturated heterocycles. The molecule has 0 bridgehead atoms. The first-order valence-corrected chi connectivity index (χ1v) is 7.88. The molecule has 1 aromatic rings. The SMILES string of the molecule is COCCNCC1CCc2nc(CC3CC3)ncc2C1. The monoisotopic (exact) mass is 275 g/mol. The molecule has 0 aromatic carbocycles. The van der Waals surface area contributed by atoms with Gasteiger partial charge in [-0.2, -0.15) is 0 Å². The number of hydrogen-bond acceptors (Lipinski definition) is 4. The number of hydrogen-bond donors (Lipinski definition) is 1. The van der Waals surface area contributed by atoms with Crippen molar-refractivity contribution in [3.05, 3.63) is 23.3 Å². The van der Waals surface area contributed by atoms with E-state index >= 15 is 0 Å². The summed E-state index contributed by atoms with van der Waals surface area (Å²) in [5.74, 6) is 2.66. The van der Waals surface area contributed by atoms with Crippen molar-refractivity contribution in [2.24, 2.45) is 11.8 Å². The van der Waals surface area contributed by atoms with E-state index in [0.717, 1.165) is 56.6 Å². The Kier molecular flexibility index (Phi) is 4.63.